The lowest BCUT2D eigenvalue weighted by atomic mass is 10.1. The highest BCUT2D eigenvalue weighted by Gasteiger charge is 2.09. The van der Waals surface area contributed by atoms with Crippen LogP contribution < -0.4 is 16.0 Å². The highest BCUT2D eigenvalue weighted by Crippen LogP contribution is 2.21. The number of para-hydroxylation sites is 1. The summed E-state index contributed by atoms with van der Waals surface area (Å²) >= 11 is 0. The van der Waals surface area contributed by atoms with Crippen LogP contribution in [0.15, 0.2) is 85.1 Å². The van der Waals surface area contributed by atoms with Gasteiger partial charge in [0.25, 0.3) is 0 Å². The first-order chi connectivity index (χ1) is 20.2. The van der Waals surface area contributed by atoms with Crippen molar-refractivity contribution in [2.45, 2.75) is 12.8 Å². The lowest BCUT2D eigenvalue weighted by Gasteiger charge is -2.12. The van der Waals surface area contributed by atoms with Crippen LogP contribution in [0.3, 0.4) is 0 Å². The molecule has 0 saturated heterocycles. The van der Waals surface area contributed by atoms with E-state index in [0.717, 1.165) is 27.8 Å². The summed E-state index contributed by atoms with van der Waals surface area (Å²) in [6.45, 7) is 2.38. The van der Waals surface area contributed by atoms with Gasteiger partial charge in [-0.25, -0.2) is 0 Å². The van der Waals surface area contributed by atoms with E-state index in [1.54, 1.807) is 6.20 Å². The highest BCUT2D eigenvalue weighted by molar-refractivity contribution is 5.95. The SMILES string of the molecule is O=C(CCCOCCOCCNc1nc(Nc2ccccc2)nc(Nc2ccc3cn[nH]c3c2)n1)c1ccccc1. The summed E-state index contributed by atoms with van der Waals surface area (Å²) in [5.41, 5.74) is 3.33. The third-order valence-corrected chi connectivity index (χ3v) is 6.05. The first kappa shape index (κ1) is 27.7. The quantitative estimate of drug-likeness (QED) is 0.0936. The minimum absolute atomic E-state index is 0.134. The molecule has 0 aliphatic rings. The molecule has 2 aromatic heterocycles. The Labute approximate surface area is 237 Å². The molecule has 5 rings (SSSR count). The van der Waals surface area contributed by atoms with Gasteiger partial charge in [0.2, 0.25) is 17.8 Å². The first-order valence-corrected chi connectivity index (χ1v) is 13.5. The molecule has 0 bridgehead atoms. The van der Waals surface area contributed by atoms with Gasteiger partial charge in [-0.05, 0) is 36.8 Å². The molecule has 0 aliphatic heterocycles. The van der Waals surface area contributed by atoms with E-state index in [1.165, 1.54) is 0 Å². The molecule has 41 heavy (non-hydrogen) atoms. The monoisotopic (exact) mass is 552 g/mol. The van der Waals surface area contributed by atoms with Crippen LogP contribution in [0.5, 0.6) is 0 Å². The standard InChI is InChI=1S/C30H32N8O3/c39-27(22-8-3-1-4-9-22)12-7-16-40-18-19-41-17-15-31-28-35-29(33-24-10-5-2-6-11-24)37-30(36-28)34-25-14-13-23-21-32-38-26(23)20-25/h1-6,8-11,13-14,20-21H,7,12,15-19H2,(H,32,38)(H3,31,33,34,35,36,37). The Balaban J connectivity index is 1.07. The van der Waals surface area contributed by atoms with E-state index in [-0.39, 0.29) is 5.78 Å². The van der Waals surface area contributed by atoms with E-state index in [2.05, 4.69) is 41.1 Å². The van der Waals surface area contributed by atoms with Crippen molar-refractivity contribution in [3.8, 4) is 0 Å². The van der Waals surface area contributed by atoms with Crippen LogP contribution in [0.1, 0.15) is 23.2 Å². The second-order valence-corrected chi connectivity index (χ2v) is 9.14. The fourth-order valence-electron chi connectivity index (χ4n) is 4.02. The predicted octanol–water partition coefficient (Wildman–Crippen LogP) is 5.34. The number of carbonyl (C=O) groups is 1. The van der Waals surface area contributed by atoms with E-state index < -0.39 is 0 Å². The van der Waals surface area contributed by atoms with Crippen molar-refractivity contribution in [1.82, 2.24) is 25.1 Å². The number of nitrogens with zero attached hydrogens (tertiary/aromatic N) is 4. The number of anilines is 5. The van der Waals surface area contributed by atoms with Crippen molar-refractivity contribution < 1.29 is 14.3 Å². The maximum Gasteiger partial charge on any atom is 0.233 e. The van der Waals surface area contributed by atoms with Crippen LogP contribution in [-0.4, -0.2) is 63.9 Å². The molecule has 0 aliphatic carbocycles. The van der Waals surface area contributed by atoms with Crippen LogP contribution in [0.4, 0.5) is 29.2 Å². The minimum atomic E-state index is 0.134. The minimum Gasteiger partial charge on any atom is -0.379 e. The highest BCUT2D eigenvalue weighted by atomic mass is 16.5. The molecule has 0 amide bonds. The lowest BCUT2D eigenvalue weighted by molar-refractivity contribution is 0.0497. The molecule has 4 N–H and O–H groups in total. The zero-order valence-electron chi connectivity index (χ0n) is 22.5. The number of fused-ring (bicyclic) bond motifs is 1. The molecule has 5 aromatic rings. The fourth-order valence-corrected chi connectivity index (χ4v) is 4.02. The van der Waals surface area contributed by atoms with E-state index in [9.17, 15) is 4.79 Å². The largest absolute Gasteiger partial charge is 0.379 e. The third kappa shape index (κ3) is 8.56. The molecular weight excluding hydrogens is 520 g/mol. The number of rotatable bonds is 16. The summed E-state index contributed by atoms with van der Waals surface area (Å²) in [5, 5.41) is 17.7. The number of ketones is 1. The summed E-state index contributed by atoms with van der Waals surface area (Å²) in [7, 11) is 0. The molecule has 210 valence electrons. The number of ether oxygens (including phenoxy) is 2. The molecule has 0 radical (unpaired) electrons. The number of benzene rings is 3. The number of aromatic amines is 1. The number of nitrogens with one attached hydrogen (secondary N) is 4. The predicted molar refractivity (Wildman–Crippen MR) is 159 cm³/mol. The Kier molecular flexibility index (Phi) is 9.79. The van der Waals surface area contributed by atoms with Crippen LogP contribution in [0, 0.1) is 0 Å². The Bertz CT molecular complexity index is 1530. The normalized spacial score (nSPS) is 10.9. The number of Topliss-reactive ketones (excluding diaryl/α,β-unsaturated/α-hetero) is 1. The van der Waals surface area contributed by atoms with Gasteiger partial charge in [0.15, 0.2) is 5.78 Å². The average molecular weight is 553 g/mol. The third-order valence-electron chi connectivity index (χ3n) is 6.05. The van der Waals surface area contributed by atoms with Gasteiger partial charge in [0.1, 0.15) is 0 Å². The number of aromatic nitrogens is 5. The Morgan fingerprint density at radius 3 is 2.20 bits per heavy atom. The van der Waals surface area contributed by atoms with Crippen molar-refractivity contribution in [3.05, 3.63) is 90.6 Å². The lowest BCUT2D eigenvalue weighted by Crippen LogP contribution is -2.15. The van der Waals surface area contributed by atoms with Crippen molar-refractivity contribution in [1.29, 1.82) is 0 Å². The van der Waals surface area contributed by atoms with Gasteiger partial charge in [-0.15, -0.1) is 0 Å². The number of carbonyl (C=O) groups excluding carboxylic acids is 1. The summed E-state index contributed by atoms with van der Waals surface area (Å²) in [5.74, 6) is 1.33. The van der Waals surface area contributed by atoms with Crippen LogP contribution in [-0.2, 0) is 9.47 Å². The van der Waals surface area contributed by atoms with E-state index in [1.807, 2.05) is 78.9 Å². The van der Waals surface area contributed by atoms with Crippen LogP contribution in [0.2, 0.25) is 0 Å². The van der Waals surface area contributed by atoms with Gasteiger partial charge in [-0.2, -0.15) is 20.1 Å². The number of H-pyrrole nitrogens is 1. The zero-order chi connectivity index (χ0) is 28.1. The molecular formula is C30H32N8O3. The van der Waals surface area contributed by atoms with Gasteiger partial charge < -0.3 is 25.4 Å². The first-order valence-electron chi connectivity index (χ1n) is 13.5. The maximum absolute atomic E-state index is 12.1. The average Bonchev–Trinajstić information content (AvgIpc) is 3.47. The smallest absolute Gasteiger partial charge is 0.233 e. The topological polar surface area (TPSA) is 139 Å². The number of hydrogen-bond acceptors (Lipinski definition) is 10. The second kappa shape index (κ2) is 14.5. The van der Waals surface area contributed by atoms with Gasteiger partial charge in [0, 0.05) is 41.9 Å². The second-order valence-electron chi connectivity index (χ2n) is 9.14. The van der Waals surface area contributed by atoms with Crippen molar-refractivity contribution >= 4 is 45.9 Å². The molecule has 0 spiro atoms. The zero-order valence-corrected chi connectivity index (χ0v) is 22.5. The van der Waals surface area contributed by atoms with Gasteiger partial charge >= 0.3 is 0 Å². The van der Waals surface area contributed by atoms with Crippen LogP contribution in [0.25, 0.3) is 10.9 Å². The fraction of sp³-hybridized carbons (Fsp3) is 0.233. The Morgan fingerprint density at radius 1 is 0.732 bits per heavy atom. The summed E-state index contributed by atoms with van der Waals surface area (Å²) < 4.78 is 11.3. The molecule has 3 aromatic carbocycles. The molecule has 11 nitrogen and oxygen atoms in total. The summed E-state index contributed by atoms with van der Waals surface area (Å²) in [6, 6.07) is 24.9. The molecule has 0 atom stereocenters. The van der Waals surface area contributed by atoms with Crippen LogP contribution >= 0.6 is 0 Å². The summed E-state index contributed by atoms with van der Waals surface area (Å²) in [6.07, 6.45) is 2.92. The van der Waals surface area contributed by atoms with Crippen molar-refractivity contribution in [2.75, 3.05) is 48.9 Å². The Hall–Kier alpha value is -4.87. The molecule has 0 unspecified atom stereocenters. The Morgan fingerprint density at radius 2 is 1.41 bits per heavy atom. The molecule has 0 fully saturated rings. The van der Waals surface area contributed by atoms with Gasteiger partial charge in [-0.1, -0.05) is 48.5 Å². The van der Waals surface area contributed by atoms with E-state index in [4.69, 9.17) is 9.47 Å². The molecule has 2 heterocycles. The van der Waals surface area contributed by atoms with E-state index in [0.29, 0.717) is 63.7 Å². The van der Waals surface area contributed by atoms with Gasteiger partial charge in [0.05, 0.1) is 31.5 Å². The van der Waals surface area contributed by atoms with Crippen molar-refractivity contribution in [3.63, 3.8) is 0 Å². The summed E-state index contributed by atoms with van der Waals surface area (Å²) in [4.78, 5) is 25.7. The molecule has 0 saturated carbocycles. The van der Waals surface area contributed by atoms with E-state index >= 15 is 0 Å². The van der Waals surface area contributed by atoms with Gasteiger partial charge in [-0.3, -0.25) is 9.89 Å². The molecule has 11 heteroatoms. The van der Waals surface area contributed by atoms with Crippen molar-refractivity contribution in [2.24, 2.45) is 0 Å². The number of hydrogen-bond donors (Lipinski definition) is 4. The maximum atomic E-state index is 12.1.